The highest BCUT2D eigenvalue weighted by Gasteiger charge is 2.31. The molecule has 2 heterocycles. The fourth-order valence-electron chi connectivity index (χ4n) is 1.91. The van der Waals surface area contributed by atoms with Gasteiger partial charge in [0.15, 0.2) is 11.3 Å². The molecule has 0 spiro atoms. The highest BCUT2D eigenvalue weighted by atomic mass is 16.7. The van der Waals surface area contributed by atoms with E-state index in [4.69, 9.17) is 4.74 Å². The molecular weight excluding hydrogens is 250 g/mol. The van der Waals surface area contributed by atoms with Crippen LogP contribution in [0.2, 0.25) is 0 Å². The average Bonchev–Trinajstić information content (AvgIpc) is 2.84. The molecule has 8 heteroatoms. The van der Waals surface area contributed by atoms with E-state index < -0.39 is 11.3 Å². The van der Waals surface area contributed by atoms with Gasteiger partial charge < -0.3 is 15.0 Å². The van der Waals surface area contributed by atoms with Gasteiger partial charge in [-0.25, -0.2) is 10.1 Å². The van der Waals surface area contributed by atoms with Gasteiger partial charge in [0.25, 0.3) is 5.96 Å². The minimum atomic E-state index is -0.720. The molecule has 8 nitrogen and oxygen atoms in total. The molecule has 1 aromatic heterocycles. The Balaban J connectivity index is 2.26. The number of hydrogen-bond donors (Lipinski definition) is 1. The molecule has 0 amide bonds. The zero-order valence-corrected chi connectivity index (χ0v) is 10.5. The average molecular weight is 265 g/mol. The summed E-state index contributed by atoms with van der Waals surface area (Å²) >= 11 is 0. The van der Waals surface area contributed by atoms with E-state index in [0.29, 0.717) is 25.4 Å². The van der Waals surface area contributed by atoms with Crippen molar-refractivity contribution in [1.29, 1.82) is 0 Å². The number of pyridine rings is 1. The minimum absolute atomic E-state index is 0.203. The number of aromatic nitrogens is 1. The Bertz CT molecular complexity index is 465. The van der Waals surface area contributed by atoms with Crippen LogP contribution in [0.15, 0.2) is 29.5 Å². The molecule has 0 aliphatic carbocycles. The summed E-state index contributed by atoms with van der Waals surface area (Å²) < 4.78 is 5.64. The van der Waals surface area contributed by atoms with Crippen molar-refractivity contribution in [2.45, 2.75) is 13.2 Å². The van der Waals surface area contributed by atoms with E-state index in [2.05, 4.69) is 15.4 Å². The molecule has 1 fully saturated rings. The second-order valence-electron chi connectivity index (χ2n) is 3.84. The van der Waals surface area contributed by atoms with Crippen molar-refractivity contribution in [2.24, 2.45) is 5.10 Å². The summed E-state index contributed by atoms with van der Waals surface area (Å²) in [5.74, 6) is 0.203. The zero-order valence-electron chi connectivity index (χ0n) is 10.5. The summed E-state index contributed by atoms with van der Waals surface area (Å²) in [4.78, 5) is 16.5. The number of nitro groups is 1. The van der Waals surface area contributed by atoms with E-state index >= 15 is 0 Å². The van der Waals surface area contributed by atoms with Crippen LogP contribution < -0.4 is 5.32 Å². The molecule has 1 aliphatic rings. The molecule has 0 aromatic carbocycles. The molecule has 1 N–H and O–H groups in total. The van der Waals surface area contributed by atoms with Crippen LogP contribution in [-0.4, -0.2) is 40.6 Å². The quantitative estimate of drug-likeness (QED) is 0.618. The number of hydrazone groups is 1. The van der Waals surface area contributed by atoms with Crippen molar-refractivity contribution in [2.75, 3.05) is 19.7 Å². The molecule has 2 rings (SSSR count). The maximum Gasteiger partial charge on any atom is 0.273 e. The van der Waals surface area contributed by atoms with Crippen molar-refractivity contribution >= 4 is 5.96 Å². The van der Waals surface area contributed by atoms with E-state index in [1.807, 2.05) is 19.1 Å². The lowest BCUT2D eigenvalue weighted by atomic mass is 10.3. The largest absolute Gasteiger partial charge is 0.353 e. The molecule has 1 saturated heterocycles. The summed E-state index contributed by atoms with van der Waals surface area (Å²) in [5, 5.41) is 16.0. The molecular formula is C11H15N5O3. The highest BCUT2D eigenvalue weighted by molar-refractivity contribution is 5.81. The lowest BCUT2D eigenvalue weighted by molar-refractivity contribution is -0.486. The summed E-state index contributed by atoms with van der Waals surface area (Å²) in [5.41, 5.74) is 0.698. The van der Waals surface area contributed by atoms with Crippen LogP contribution >= 0.6 is 0 Å². The predicted octanol–water partition coefficient (Wildman–Crippen LogP) is 0.570. The summed E-state index contributed by atoms with van der Waals surface area (Å²) in [7, 11) is 0. The van der Waals surface area contributed by atoms with E-state index in [0.717, 1.165) is 0 Å². The second-order valence-corrected chi connectivity index (χ2v) is 3.84. The van der Waals surface area contributed by atoms with Gasteiger partial charge in [-0.1, -0.05) is 6.07 Å². The van der Waals surface area contributed by atoms with Crippen LogP contribution in [-0.2, 0) is 4.74 Å². The molecule has 0 bridgehead atoms. The van der Waals surface area contributed by atoms with Gasteiger partial charge in [-0.15, -0.1) is 0 Å². The topological polar surface area (TPSA) is 92.9 Å². The first-order valence-electron chi connectivity index (χ1n) is 5.98. The Morgan fingerprint density at radius 2 is 2.53 bits per heavy atom. The van der Waals surface area contributed by atoms with Crippen molar-refractivity contribution in [3.8, 4) is 0 Å². The summed E-state index contributed by atoms with van der Waals surface area (Å²) in [6, 6.07) is 5.48. The summed E-state index contributed by atoms with van der Waals surface area (Å²) in [6.45, 7) is 3.50. The van der Waals surface area contributed by atoms with E-state index in [1.165, 1.54) is 0 Å². The van der Waals surface area contributed by atoms with Crippen molar-refractivity contribution in [3.63, 3.8) is 0 Å². The van der Waals surface area contributed by atoms with Crippen LogP contribution in [0.5, 0.6) is 0 Å². The van der Waals surface area contributed by atoms with Gasteiger partial charge in [0.05, 0.1) is 5.69 Å². The Hall–Kier alpha value is -2.22. The molecule has 1 atom stereocenters. The van der Waals surface area contributed by atoms with Crippen molar-refractivity contribution < 1.29 is 9.77 Å². The van der Waals surface area contributed by atoms with Gasteiger partial charge in [0.1, 0.15) is 5.10 Å². The first-order chi connectivity index (χ1) is 9.22. The molecule has 0 radical (unpaired) electrons. The lowest BCUT2D eigenvalue weighted by Gasteiger charge is -2.26. The number of ether oxygens (including phenoxy) is 1. The van der Waals surface area contributed by atoms with E-state index in [9.17, 15) is 10.1 Å². The third-order valence-electron chi connectivity index (χ3n) is 2.63. The maximum absolute atomic E-state index is 10.5. The number of hydrogen-bond acceptors (Lipinski definition) is 4. The van der Waals surface area contributed by atoms with Crippen LogP contribution in [0.4, 0.5) is 0 Å². The van der Waals surface area contributed by atoms with Gasteiger partial charge >= 0.3 is 0 Å². The number of rotatable bonds is 5. The molecule has 0 saturated carbocycles. The minimum Gasteiger partial charge on any atom is -0.353 e. The normalized spacial score (nSPS) is 18.4. The zero-order chi connectivity index (χ0) is 13.7. The van der Waals surface area contributed by atoms with Gasteiger partial charge in [-0.3, -0.25) is 4.98 Å². The standard InChI is InChI=1S/C11H15N5O3/c1-2-19-10(9-5-3-4-6-12-9)15-8-7-13-11(15)14-16(17)18/h3-6,10H,2,7-8H2,1H3,(H,13,14). The Kier molecular flexibility index (Phi) is 4.24. The summed E-state index contributed by atoms with van der Waals surface area (Å²) in [6.07, 6.45) is 1.19. The van der Waals surface area contributed by atoms with Crippen molar-refractivity contribution in [1.82, 2.24) is 15.2 Å². The highest BCUT2D eigenvalue weighted by Crippen LogP contribution is 2.21. The first-order valence-corrected chi connectivity index (χ1v) is 5.98. The fraction of sp³-hybridized carbons (Fsp3) is 0.455. The second kappa shape index (κ2) is 6.10. The third-order valence-corrected chi connectivity index (χ3v) is 2.63. The number of nitrogens with one attached hydrogen (secondary N) is 1. The van der Waals surface area contributed by atoms with E-state index in [1.54, 1.807) is 17.2 Å². The monoisotopic (exact) mass is 265 g/mol. The molecule has 19 heavy (non-hydrogen) atoms. The Labute approximate surface area is 110 Å². The van der Waals surface area contributed by atoms with Gasteiger partial charge in [0, 0.05) is 25.9 Å². The van der Waals surface area contributed by atoms with Gasteiger partial charge in [-0.05, 0) is 19.1 Å². The molecule has 102 valence electrons. The number of guanidine groups is 1. The van der Waals surface area contributed by atoms with Gasteiger partial charge in [0.2, 0.25) is 0 Å². The van der Waals surface area contributed by atoms with E-state index in [-0.39, 0.29) is 5.96 Å². The molecule has 1 unspecified atom stereocenters. The SMILES string of the molecule is CCOC(c1ccccn1)N1CCNC1=N[N+](=O)[O-]. The van der Waals surface area contributed by atoms with Crippen LogP contribution in [0.25, 0.3) is 0 Å². The smallest absolute Gasteiger partial charge is 0.273 e. The Morgan fingerprint density at radius 1 is 1.68 bits per heavy atom. The van der Waals surface area contributed by atoms with Crippen LogP contribution in [0, 0.1) is 10.1 Å². The molecule has 1 aliphatic heterocycles. The van der Waals surface area contributed by atoms with Crippen LogP contribution in [0.1, 0.15) is 18.8 Å². The maximum atomic E-state index is 10.5. The van der Waals surface area contributed by atoms with Crippen LogP contribution in [0.3, 0.4) is 0 Å². The fourth-order valence-corrected chi connectivity index (χ4v) is 1.91. The third kappa shape index (κ3) is 3.16. The Morgan fingerprint density at radius 3 is 3.16 bits per heavy atom. The van der Waals surface area contributed by atoms with Crippen molar-refractivity contribution in [3.05, 3.63) is 40.2 Å². The predicted molar refractivity (Wildman–Crippen MR) is 67.7 cm³/mol. The lowest BCUT2D eigenvalue weighted by Crippen LogP contribution is -2.36. The number of nitrogens with zero attached hydrogens (tertiary/aromatic N) is 4. The van der Waals surface area contributed by atoms with Gasteiger partial charge in [-0.2, -0.15) is 0 Å². The molecule has 1 aromatic rings. The first kappa shape index (κ1) is 13.2.